The molecule has 7 heteroatoms. The Kier molecular flexibility index (Phi) is 4.14. The summed E-state index contributed by atoms with van der Waals surface area (Å²) in [6.45, 7) is 0. The predicted octanol–water partition coefficient (Wildman–Crippen LogP) is 3.70. The molecule has 0 bridgehead atoms. The molecule has 1 amide bonds. The van der Waals surface area contributed by atoms with E-state index in [1.165, 1.54) is 0 Å². The summed E-state index contributed by atoms with van der Waals surface area (Å²) in [7, 11) is 0. The molecule has 0 spiro atoms. The van der Waals surface area contributed by atoms with Gasteiger partial charge in [0.2, 0.25) is 11.7 Å². The lowest BCUT2D eigenvalue weighted by atomic mass is 9.92. The van der Waals surface area contributed by atoms with E-state index in [1.807, 2.05) is 30.3 Å². The summed E-state index contributed by atoms with van der Waals surface area (Å²) < 4.78 is 28.3. The molecule has 0 aromatic carbocycles. The molecule has 1 fully saturated rings. The van der Waals surface area contributed by atoms with Crippen molar-refractivity contribution in [3.05, 3.63) is 54.7 Å². The number of hydrogen-bond donors (Lipinski definition) is 1. The molecule has 0 atom stereocenters. The second-order valence-electron chi connectivity index (χ2n) is 6.58. The van der Waals surface area contributed by atoms with Crippen LogP contribution in [0.5, 0.6) is 0 Å². The van der Waals surface area contributed by atoms with E-state index in [0.29, 0.717) is 5.69 Å². The summed E-state index contributed by atoms with van der Waals surface area (Å²) >= 11 is 0. The van der Waals surface area contributed by atoms with Crippen molar-refractivity contribution in [2.24, 2.45) is 0 Å². The first kappa shape index (κ1) is 16.6. The number of carbonyl (C=O) groups is 1. The van der Waals surface area contributed by atoms with Gasteiger partial charge in [-0.25, -0.2) is 13.8 Å². The number of nitrogens with zero attached hydrogens (tertiary/aromatic N) is 3. The van der Waals surface area contributed by atoms with E-state index in [2.05, 4.69) is 15.3 Å². The fourth-order valence-electron chi connectivity index (χ4n) is 3.35. The smallest absolute Gasteiger partial charge is 0.287 e. The summed E-state index contributed by atoms with van der Waals surface area (Å²) in [5.74, 6) is -2.71. The van der Waals surface area contributed by atoms with Crippen molar-refractivity contribution < 1.29 is 13.6 Å². The number of halogens is 2. The normalized spacial score (nSPS) is 17.3. The average Bonchev–Trinajstić information content (AvgIpc) is 3.04. The minimum Gasteiger partial charge on any atom is -0.347 e. The van der Waals surface area contributed by atoms with Crippen molar-refractivity contribution in [3.8, 4) is 11.3 Å². The third-order valence-electron chi connectivity index (χ3n) is 4.76. The molecule has 0 saturated heterocycles. The molecule has 3 heterocycles. The molecule has 26 heavy (non-hydrogen) atoms. The van der Waals surface area contributed by atoms with Crippen LogP contribution < -0.4 is 5.32 Å². The summed E-state index contributed by atoms with van der Waals surface area (Å²) in [6, 6.07) is 9.01. The first-order chi connectivity index (χ1) is 12.5. The van der Waals surface area contributed by atoms with Crippen LogP contribution in [-0.4, -0.2) is 32.2 Å². The molecule has 134 valence electrons. The van der Waals surface area contributed by atoms with Crippen LogP contribution in [0.4, 0.5) is 8.78 Å². The lowest BCUT2D eigenvalue weighted by Gasteiger charge is -2.28. The van der Waals surface area contributed by atoms with Crippen LogP contribution >= 0.6 is 0 Å². The number of imidazole rings is 1. The largest absolute Gasteiger partial charge is 0.347 e. The van der Waals surface area contributed by atoms with Gasteiger partial charge in [-0.15, -0.1) is 0 Å². The van der Waals surface area contributed by atoms with Gasteiger partial charge in [0.1, 0.15) is 0 Å². The lowest BCUT2D eigenvalue weighted by molar-refractivity contribution is -0.0399. The maximum absolute atomic E-state index is 13.3. The Morgan fingerprint density at radius 1 is 1.15 bits per heavy atom. The minimum absolute atomic E-state index is 0.192. The van der Waals surface area contributed by atoms with Crippen LogP contribution in [0.25, 0.3) is 16.8 Å². The molecule has 0 unspecified atom stereocenters. The summed E-state index contributed by atoms with van der Waals surface area (Å²) in [4.78, 5) is 21.3. The lowest BCUT2D eigenvalue weighted by Crippen LogP contribution is -2.40. The Balaban J connectivity index is 1.63. The van der Waals surface area contributed by atoms with Gasteiger partial charge in [-0.1, -0.05) is 6.07 Å². The zero-order valence-electron chi connectivity index (χ0n) is 14.0. The Labute approximate surface area is 149 Å². The fourth-order valence-corrected chi connectivity index (χ4v) is 3.35. The highest BCUT2D eigenvalue weighted by molar-refractivity contribution is 5.94. The third kappa shape index (κ3) is 3.16. The van der Waals surface area contributed by atoms with Gasteiger partial charge in [0, 0.05) is 43.0 Å². The maximum Gasteiger partial charge on any atom is 0.287 e. The van der Waals surface area contributed by atoms with Crippen LogP contribution in [0.1, 0.15) is 36.3 Å². The molecule has 1 N–H and O–H groups in total. The SMILES string of the molecule is O=C(NC1CCC(F)(F)CC1)c1nc(-c2ccncc2)c2ccccn12. The molecule has 0 aliphatic heterocycles. The van der Waals surface area contributed by atoms with E-state index in [1.54, 1.807) is 23.0 Å². The van der Waals surface area contributed by atoms with E-state index in [4.69, 9.17) is 0 Å². The molecule has 1 saturated carbocycles. The topological polar surface area (TPSA) is 59.3 Å². The van der Waals surface area contributed by atoms with Gasteiger partial charge in [0.15, 0.2) is 0 Å². The zero-order valence-corrected chi connectivity index (χ0v) is 14.0. The second-order valence-corrected chi connectivity index (χ2v) is 6.58. The number of nitrogens with one attached hydrogen (secondary N) is 1. The Bertz CT molecular complexity index is 929. The molecule has 0 radical (unpaired) electrons. The number of carbonyl (C=O) groups excluding carboxylic acids is 1. The highest BCUT2D eigenvalue weighted by Gasteiger charge is 2.35. The van der Waals surface area contributed by atoms with Gasteiger partial charge in [-0.3, -0.25) is 14.2 Å². The van der Waals surface area contributed by atoms with Crippen LogP contribution in [0, 0.1) is 0 Å². The van der Waals surface area contributed by atoms with Crippen LogP contribution in [0.3, 0.4) is 0 Å². The number of amides is 1. The number of alkyl halides is 2. The number of aromatic nitrogens is 3. The Morgan fingerprint density at radius 2 is 1.88 bits per heavy atom. The van der Waals surface area contributed by atoms with E-state index in [0.717, 1.165) is 11.1 Å². The van der Waals surface area contributed by atoms with E-state index in [9.17, 15) is 13.6 Å². The number of hydrogen-bond acceptors (Lipinski definition) is 3. The first-order valence-electron chi connectivity index (χ1n) is 8.60. The van der Waals surface area contributed by atoms with Crippen molar-refractivity contribution in [2.75, 3.05) is 0 Å². The highest BCUT2D eigenvalue weighted by Crippen LogP contribution is 2.33. The highest BCUT2D eigenvalue weighted by atomic mass is 19.3. The van der Waals surface area contributed by atoms with Gasteiger partial charge < -0.3 is 5.32 Å². The van der Waals surface area contributed by atoms with Crippen molar-refractivity contribution in [2.45, 2.75) is 37.6 Å². The quantitative estimate of drug-likeness (QED) is 0.778. The van der Waals surface area contributed by atoms with Gasteiger partial charge in [-0.05, 0) is 37.1 Å². The summed E-state index contributed by atoms with van der Waals surface area (Å²) in [6.07, 6.45) is 5.29. The zero-order chi connectivity index (χ0) is 18.1. The molecular weight excluding hydrogens is 338 g/mol. The van der Waals surface area contributed by atoms with Crippen LogP contribution in [0.15, 0.2) is 48.9 Å². The minimum atomic E-state index is -2.62. The first-order valence-corrected chi connectivity index (χ1v) is 8.60. The van der Waals surface area contributed by atoms with Crippen molar-refractivity contribution in [1.82, 2.24) is 19.7 Å². The number of fused-ring (bicyclic) bond motifs is 1. The molecular formula is C19H18F2N4O. The molecule has 1 aliphatic rings. The van der Waals surface area contributed by atoms with Crippen LogP contribution in [0.2, 0.25) is 0 Å². The van der Waals surface area contributed by atoms with Gasteiger partial charge >= 0.3 is 0 Å². The fraction of sp³-hybridized carbons (Fsp3) is 0.316. The summed E-state index contributed by atoms with van der Waals surface area (Å²) in [5, 5.41) is 2.86. The second kappa shape index (κ2) is 6.48. The third-order valence-corrected chi connectivity index (χ3v) is 4.76. The van der Waals surface area contributed by atoms with Gasteiger partial charge in [-0.2, -0.15) is 0 Å². The molecule has 1 aliphatic carbocycles. The van der Waals surface area contributed by atoms with Gasteiger partial charge in [0.25, 0.3) is 5.91 Å². The molecule has 5 nitrogen and oxygen atoms in total. The molecule has 4 rings (SSSR count). The average molecular weight is 356 g/mol. The number of rotatable bonds is 3. The monoisotopic (exact) mass is 356 g/mol. The standard InChI is InChI=1S/C19H18F2N4O/c20-19(21)8-4-14(5-9-19)23-18(26)17-24-16(13-6-10-22-11-7-13)15-3-1-2-12-25(15)17/h1-3,6-7,10-12,14H,4-5,8-9H2,(H,23,26). The van der Waals surface area contributed by atoms with Crippen molar-refractivity contribution >= 4 is 11.4 Å². The number of pyridine rings is 2. The van der Waals surface area contributed by atoms with Gasteiger partial charge in [0.05, 0.1) is 11.2 Å². The van der Waals surface area contributed by atoms with E-state index >= 15 is 0 Å². The van der Waals surface area contributed by atoms with Crippen molar-refractivity contribution in [3.63, 3.8) is 0 Å². The van der Waals surface area contributed by atoms with E-state index in [-0.39, 0.29) is 43.5 Å². The predicted molar refractivity (Wildman–Crippen MR) is 93.1 cm³/mol. The van der Waals surface area contributed by atoms with Crippen LogP contribution in [-0.2, 0) is 0 Å². The Hall–Kier alpha value is -2.83. The molecule has 3 aromatic rings. The maximum atomic E-state index is 13.3. The Morgan fingerprint density at radius 3 is 2.62 bits per heavy atom. The van der Waals surface area contributed by atoms with Crippen molar-refractivity contribution in [1.29, 1.82) is 0 Å². The van der Waals surface area contributed by atoms with E-state index < -0.39 is 5.92 Å². The summed E-state index contributed by atoms with van der Waals surface area (Å²) in [5.41, 5.74) is 2.35. The molecule has 3 aromatic heterocycles.